The van der Waals surface area contributed by atoms with Crippen LogP contribution in [0.4, 0.5) is 0 Å². The fraction of sp³-hybridized carbons (Fsp3) is 0.600. The normalized spacial score (nSPS) is 18.1. The molecule has 1 aliphatic heterocycles. The Hall–Kier alpha value is -1.46. The van der Waals surface area contributed by atoms with E-state index in [2.05, 4.69) is 0 Å². The SMILES string of the molecule is COc1cc(CN)cc(OC)c1OCCC1CCCO1. The van der Waals surface area contributed by atoms with Gasteiger partial charge in [0.25, 0.3) is 0 Å². The Bertz CT molecular complexity index is 405. The van der Waals surface area contributed by atoms with Crippen molar-refractivity contribution in [3.05, 3.63) is 17.7 Å². The summed E-state index contributed by atoms with van der Waals surface area (Å²) in [6, 6.07) is 3.76. The summed E-state index contributed by atoms with van der Waals surface area (Å²) in [4.78, 5) is 0. The molecule has 1 aromatic carbocycles. The Labute approximate surface area is 120 Å². The van der Waals surface area contributed by atoms with Crippen molar-refractivity contribution in [2.75, 3.05) is 27.4 Å². The van der Waals surface area contributed by atoms with Gasteiger partial charge in [-0.3, -0.25) is 0 Å². The Morgan fingerprint density at radius 1 is 1.25 bits per heavy atom. The van der Waals surface area contributed by atoms with Gasteiger partial charge in [-0.15, -0.1) is 0 Å². The van der Waals surface area contributed by atoms with Gasteiger partial charge in [0.1, 0.15) is 0 Å². The van der Waals surface area contributed by atoms with E-state index in [4.69, 9.17) is 24.7 Å². The Morgan fingerprint density at radius 3 is 2.45 bits per heavy atom. The Morgan fingerprint density at radius 2 is 1.95 bits per heavy atom. The summed E-state index contributed by atoms with van der Waals surface area (Å²) >= 11 is 0. The predicted octanol–water partition coefficient (Wildman–Crippen LogP) is 2.11. The first-order chi connectivity index (χ1) is 9.78. The van der Waals surface area contributed by atoms with Gasteiger partial charge in [-0.05, 0) is 30.5 Å². The number of ether oxygens (including phenoxy) is 4. The molecule has 5 heteroatoms. The maximum absolute atomic E-state index is 5.84. The summed E-state index contributed by atoms with van der Waals surface area (Å²) in [5.74, 6) is 1.93. The third-order valence-electron chi connectivity index (χ3n) is 3.47. The molecule has 0 saturated carbocycles. The molecular formula is C15H23NO4. The van der Waals surface area contributed by atoms with E-state index in [-0.39, 0.29) is 0 Å². The van der Waals surface area contributed by atoms with Crippen LogP contribution in [0.3, 0.4) is 0 Å². The first-order valence-electron chi connectivity index (χ1n) is 6.97. The quantitative estimate of drug-likeness (QED) is 0.829. The van der Waals surface area contributed by atoms with Gasteiger partial charge in [0.2, 0.25) is 5.75 Å². The van der Waals surface area contributed by atoms with E-state index in [1.807, 2.05) is 12.1 Å². The van der Waals surface area contributed by atoms with Gasteiger partial charge in [-0.1, -0.05) is 0 Å². The molecule has 20 heavy (non-hydrogen) atoms. The smallest absolute Gasteiger partial charge is 0.203 e. The molecule has 0 aliphatic carbocycles. The molecule has 1 atom stereocenters. The van der Waals surface area contributed by atoms with Crippen LogP contribution in [0.15, 0.2) is 12.1 Å². The van der Waals surface area contributed by atoms with Crippen molar-refractivity contribution >= 4 is 0 Å². The van der Waals surface area contributed by atoms with Gasteiger partial charge in [-0.25, -0.2) is 0 Å². The van der Waals surface area contributed by atoms with Crippen LogP contribution in [0.2, 0.25) is 0 Å². The molecule has 1 aromatic rings. The second-order valence-corrected chi connectivity index (χ2v) is 4.81. The van der Waals surface area contributed by atoms with Gasteiger partial charge >= 0.3 is 0 Å². The molecule has 0 amide bonds. The lowest BCUT2D eigenvalue weighted by Crippen LogP contribution is -2.11. The molecule has 1 fully saturated rings. The van der Waals surface area contributed by atoms with Crippen LogP contribution < -0.4 is 19.9 Å². The molecule has 1 heterocycles. The maximum Gasteiger partial charge on any atom is 0.203 e. The summed E-state index contributed by atoms with van der Waals surface area (Å²) in [6.45, 7) is 1.88. The van der Waals surface area contributed by atoms with Crippen LogP contribution in [0.1, 0.15) is 24.8 Å². The summed E-state index contributed by atoms with van der Waals surface area (Å²) in [5.41, 5.74) is 6.61. The minimum atomic E-state index is 0.315. The van der Waals surface area contributed by atoms with Crippen molar-refractivity contribution in [1.29, 1.82) is 0 Å². The monoisotopic (exact) mass is 281 g/mol. The highest BCUT2D eigenvalue weighted by Gasteiger charge is 2.17. The number of rotatable bonds is 7. The molecule has 1 unspecified atom stereocenters. The topological polar surface area (TPSA) is 62.9 Å². The largest absolute Gasteiger partial charge is 0.493 e. The molecule has 0 radical (unpaired) electrons. The second kappa shape index (κ2) is 7.36. The molecule has 0 aromatic heterocycles. The van der Waals surface area contributed by atoms with Crippen LogP contribution in [-0.4, -0.2) is 33.5 Å². The first kappa shape index (κ1) is 14.9. The summed E-state index contributed by atoms with van der Waals surface area (Å²) in [6.07, 6.45) is 3.45. The molecular weight excluding hydrogens is 258 g/mol. The van der Waals surface area contributed by atoms with Crippen molar-refractivity contribution in [1.82, 2.24) is 0 Å². The minimum absolute atomic E-state index is 0.315. The molecule has 112 valence electrons. The number of nitrogens with two attached hydrogens (primary N) is 1. The first-order valence-corrected chi connectivity index (χ1v) is 6.97. The summed E-state index contributed by atoms with van der Waals surface area (Å²) in [5, 5.41) is 0. The van der Waals surface area contributed by atoms with E-state index < -0.39 is 0 Å². The standard InChI is InChI=1S/C15H23NO4/c1-17-13-8-11(10-16)9-14(18-2)15(13)20-7-5-12-4-3-6-19-12/h8-9,12H,3-7,10,16H2,1-2H3. The zero-order valence-corrected chi connectivity index (χ0v) is 12.2. The Kier molecular flexibility index (Phi) is 5.49. The van der Waals surface area contributed by atoms with Crippen molar-refractivity contribution in [2.24, 2.45) is 5.73 Å². The number of hydrogen-bond acceptors (Lipinski definition) is 5. The van der Waals surface area contributed by atoms with E-state index >= 15 is 0 Å². The fourth-order valence-electron chi connectivity index (χ4n) is 2.36. The lowest BCUT2D eigenvalue weighted by molar-refractivity contribution is 0.0893. The van der Waals surface area contributed by atoms with Crippen LogP contribution in [0.25, 0.3) is 0 Å². The Balaban J connectivity index is 2.04. The average Bonchev–Trinajstić information content (AvgIpc) is 3.00. The fourth-order valence-corrected chi connectivity index (χ4v) is 2.36. The molecule has 0 bridgehead atoms. The van der Waals surface area contributed by atoms with Gasteiger partial charge in [0.15, 0.2) is 11.5 Å². The second-order valence-electron chi connectivity index (χ2n) is 4.81. The van der Waals surface area contributed by atoms with Gasteiger partial charge in [0.05, 0.1) is 26.9 Å². The number of methoxy groups -OCH3 is 2. The van der Waals surface area contributed by atoms with E-state index in [0.29, 0.717) is 36.5 Å². The molecule has 5 nitrogen and oxygen atoms in total. The van der Waals surface area contributed by atoms with Crippen molar-refractivity contribution < 1.29 is 18.9 Å². The van der Waals surface area contributed by atoms with Crippen molar-refractivity contribution in [3.8, 4) is 17.2 Å². The zero-order chi connectivity index (χ0) is 14.4. The van der Waals surface area contributed by atoms with Crippen molar-refractivity contribution in [3.63, 3.8) is 0 Å². The van der Waals surface area contributed by atoms with Gasteiger partial charge in [0, 0.05) is 19.6 Å². The maximum atomic E-state index is 5.84. The van der Waals surface area contributed by atoms with Gasteiger partial charge in [-0.2, -0.15) is 0 Å². The van der Waals surface area contributed by atoms with Crippen LogP contribution in [0.5, 0.6) is 17.2 Å². The highest BCUT2D eigenvalue weighted by molar-refractivity contribution is 5.53. The molecule has 0 spiro atoms. The average molecular weight is 281 g/mol. The van der Waals surface area contributed by atoms with E-state index in [1.165, 1.54) is 0 Å². The predicted molar refractivity (Wildman–Crippen MR) is 76.5 cm³/mol. The minimum Gasteiger partial charge on any atom is -0.493 e. The third-order valence-corrected chi connectivity index (χ3v) is 3.47. The van der Waals surface area contributed by atoms with E-state index in [1.54, 1.807) is 14.2 Å². The number of benzene rings is 1. The summed E-state index contributed by atoms with van der Waals surface area (Å²) < 4.78 is 22.1. The van der Waals surface area contributed by atoms with E-state index in [0.717, 1.165) is 31.4 Å². The van der Waals surface area contributed by atoms with Crippen LogP contribution in [0, 0.1) is 0 Å². The zero-order valence-electron chi connectivity index (χ0n) is 12.2. The highest BCUT2D eigenvalue weighted by Crippen LogP contribution is 2.38. The van der Waals surface area contributed by atoms with Gasteiger partial charge < -0.3 is 24.7 Å². The molecule has 1 saturated heterocycles. The van der Waals surface area contributed by atoms with Crippen LogP contribution in [-0.2, 0) is 11.3 Å². The molecule has 2 rings (SSSR count). The van der Waals surface area contributed by atoms with E-state index in [9.17, 15) is 0 Å². The van der Waals surface area contributed by atoms with Crippen molar-refractivity contribution in [2.45, 2.75) is 31.9 Å². The summed E-state index contributed by atoms with van der Waals surface area (Å²) in [7, 11) is 3.23. The van der Waals surface area contributed by atoms with Crippen LogP contribution >= 0.6 is 0 Å². The lowest BCUT2D eigenvalue weighted by Gasteiger charge is -2.17. The lowest BCUT2D eigenvalue weighted by atomic mass is 10.1. The third kappa shape index (κ3) is 3.55. The molecule has 2 N–H and O–H groups in total. The highest BCUT2D eigenvalue weighted by atomic mass is 16.5. The molecule has 1 aliphatic rings. The number of hydrogen-bond donors (Lipinski definition) is 1.